The average molecular weight is 820 g/mol. The second-order valence-electron chi connectivity index (χ2n) is 11.7. The van der Waals surface area contributed by atoms with Crippen molar-refractivity contribution < 1.29 is 41.4 Å². The maximum atomic E-state index is 13.1. The first-order valence-electron chi connectivity index (χ1n) is 16.3. The molecule has 17 heteroatoms. The highest BCUT2D eigenvalue weighted by molar-refractivity contribution is 7.90. The summed E-state index contributed by atoms with van der Waals surface area (Å²) in [6.45, 7) is 4.46. The number of aldehydes is 1. The predicted molar refractivity (Wildman–Crippen MR) is 213 cm³/mol. The number of carboxylic acids is 2. The van der Waals surface area contributed by atoms with E-state index in [1.807, 2.05) is 75.5 Å². The summed E-state index contributed by atoms with van der Waals surface area (Å²) in [5.41, 5.74) is 5.91. The van der Waals surface area contributed by atoms with Crippen LogP contribution in [0.3, 0.4) is 0 Å². The van der Waals surface area contributed by atoms with E-state index in [9.17, 15) is 31.2 Å². The molecule has 0 unspecified atom stereocenters. The lowest BCUT2D eigenvalue weighted by molar-refractivity contribution is -0.134. The minimum Gasteiger partial charge on any atom is -0.478 e. The van der Waals surface area contributed by atoms with E-state index in [2.05, 4.69) is 15.3 Å². The SMILES string of the molecule is CNCc1cc(-c2ccccc2C)n(S(=O)(=O)c2cccnc2)c1.Cc1ccccc1-c1cc(C=O)cn1S(=O)(=O)c1cccnc1.Cl.O=C(O)/C=C/C(=O)O. The van der Waals surface area contributed by atoms with Crippen LogP contribution in [0.2, 0.25) is 0 Å². The highest BCUT2D eigenvalue weighted by atomic mass is 35.5. The molecule has 56 heavy (non-hydrogen) atoms. The summed E-state index contributed by atoms with van der Waals surface area (Å²) in [4.78, 5) is 38.3. The molecule has 14 nitrogen and oxygen atoms in total. The lowest BCUT2D eigenvalue weighted by Crippen LogP contribution is -2.14. The number of carbonyl (C=O) groups excluding carboxylic acids is 1. The minimum atomic E-state index is -3.83. The van der Waals surface area contributed by atoms with E-state index in [1.165, 1.54) is 34.8 Å². The smallest absolute Gasteiger partial charge is 0.328 e. The van der Waals surface area contributed by atoms with Crippen LogP contribution in [-0.4, -0.2) is 70.2 Å². The Balaban J connectivity index is 0.000000249. The molecule has 0 aliphatic heterocycles. The number of nitrogens with one attached hydrogen (secondary N) is 1. The van der Waals surface area contributed by atoms with Gasteiger partial charge in [0.2, 0.25) is 0 Å². The van der Waals surface area contributed by atoms with Crippen LogP contribution in [0.15, 0.2) is 144 Å². The molecule has 0 atom stereocenters. The van der Waals surface area contributed by atoms with Gasteiger partial charge in [-0.05, 0) is 74.0 Å². The Hall–Kier alpha value is -6.20. The van der Waals surface area contributed by atoms with Crippen molar-refractivity contribution in [2.75, 3.05) is 7.05 Å². The molecule has 6 aromatic rings. The molecule has 2 aromatic carbocycles. The van der Waals surface area contributed by atoms with E-state index in [4.69, 9.17) is 10.2 Å². The maximum Gasteiger partial charge on any atom is 0.328 e. The van der Waals surface area contributed by atoms with Gasteiger partial charge in [-0.15, -0.1) is 12.4 Å². The Labute approximate surface area is 330 Å². The largest absolute Gasteiger partial charge is 0.478 e. The molecule has 0 aliphatic rings. The molecule has 6 rings (SSSR count). The van der Waals surface area contributed by atoms with Gasteiger partial charge in [-0.2, -0.15) is 0 Å². The zero-order chi connectivity index (χ0) is 40.2. The van der Waals surface area contributed by atoms with Crippen molar-refractivity contribution >= 4 is 50.7 Å². The van der Waals surface area contributed by atoms with Crippen molar-refractivity contribution in [3.05, 3.63) is 157 Å². The van der Waals surface area contributed by atoms with E-state index < -0.39 is 32.0 Å². The number of aryl methyl sites for hydroxylation is 2. The summed E-state index contributed by atoms with van der Waals surface area (Å²) in [5.74, 6) is -2.51. The fourth-order valence-electron chi connectivity index (χ4n) is 5.21. The number of carbonyl (C=O) groups is 3. The number of carboxylic acid groups (broad SMARTS) is 2. The zero-order valence-corrected chi connectivity index (χ0v) is 32.7. The lowest BCUT2D eigenvalue weighted by atomic mass is 10.1. The second kappa shape index (κ2) is 19.9. The van der Waals surface area contributed by atoms with Gasteiger partial charge in [-0.3, -0.25) is 14.8 Å². The molecule has 0 amide bonds. The highest BCUT2D eigenvalue weighted by Gasteiger charge is 2.24. The van der Waals surface area contributed by atoms with Crippen molar-refractivity contribution in [3.63, 3.8) is 0 Å². The summed E-state index contributed by atoms with van der Waals surface area (Å²) in [6.07, 6.45) is 10.5. The summed E-state index contributed by atoms with van der Waals surface area (Å²) >= 11 is 0. The Morgan fingerprint density at radius 1 is 0.696 bits per heavy atom. The monoisotopic (exact) mass is 819 g/mol. The average Bonchev–Trinajstić information content (AvgIpc) is 3.82. The summed E-state index contributed by atoms with van der Waals surface area (Å²) in [6, 6.07) is 24.9. The van der Waals surface area contributed by atoms with E-state index in [0.717, 1.165) is 31.8 Å². The van der Waals surface area contributed by atoms with Crippen LogP contribution in [0.4, 0.5) is 0 Å². The fraction of sp³-hybridized carbons (Fsp3) is 0.103. The van der Waals surface area contributed by atoms with E-state index in [-0.39, 0.29) is 22.2 Å². The third kappa shape index (κ3) is 10.9. The third-order valence-electron chi connectivity index (χ3n) is 7.76. The van der Waals surface area contributed by atoms with Gasteiger partial charge >= 0.3 is 11.9 Å². The van der Waals surface area contributed by atoms with Crippen molar-refractivity contribution in [2.24, 2.45) is 0 Å². The van der Waals surface area contributed by atoms with Gasteiger partial charge in [-0.25, -0.2) is 34.4 Å². The van der Waals surface area contributed by atoms with Crippen molar-refractivity contribution in [3.8, 4) is 22.5 Å². The van der Waals surface area contributed by atoms with Crippen LogP contribution >= 0.6 is 12.4 Å². The van der Waals surface area contributed by atoms with Gasteiger partial charge in [0.15, 0.2) is 6.29 Å². The summed E-state index contributed by atoms with van der Waals surface area (Å²) in [5, 5.41) is 18.7. The highest BCUT2D eigenvalue weighted by Crippen LogP contribution is 2.30. The van der Waals surface area contributed by atoms with E-state index >= 15 is 0 Å². The summed E-state index contributed by atoms with van der Waals surface area (Å²) in [7, 11) is -5.70. The first-order valence-corrected chi connectivity index (χ1v) is 19.2. The number of rotatable bonds is 11. The van der Waals surface area contributed by atoms with Gasteiger partial charge in [0.1, 0.15) is 9.79 Å². The maximum absolute atomic E-state index is 13.1. The Morgan fingerprint density at radius 3 is 1.54 bits per heavy atom. The zero-order valence-electron chi connectivity index (χ0n) is 30.3. The van der Waals surface area contributed by atoms with Gasteiger partial charge in [0.05, 0.1) is 11.4 Å². The number of halogens is 1. The molecule has 3 N–H and O–H groups in total. The Bertz CT molecular complexity index is 2520. The van der Waals surface area contributed by atoms with Crippen LogP contribution in [0.1, 0.15) is 27.0 Å². The molecule has 292 valence electrons. The number of aromatic nitrogens is 4. The van der Waals surface area contributed by atoms with Crippen LogP contribution < -0.4 is 5.32 Å². The minimum absolute atomic E-state index is 0. The van der Waals surface area contributed by atoms with Crippen molar-refractivity contribution in [1.82, 2.24) is 23.2 Å². The topological polar surface area (TPSA) is 208 Å². The van der Waals surface area contributed by atoms with Crippen LogP contribution in [0, 0.1) is 13.8 Å². The van der Waals surface area contributed by atoms with Gasteiger partial charge in [-0.1, -0.05) is 48.5 Å². The first kappa shape index (κ1) is 44.2. The number of benzene rings is 2. The first-order chi connectivity index (χ1) is 26.2. The predicted octanol–water partition coefficient (Wildman–Crippen LogP) is 5.86. The van der Waals surface area contributed by atoms with Gasteiger partial charge in [0, 0.05) is 72.6 Å². The molecular formula is C39H38ClN5O9S2. The van der Waals surface area contributed by atoms with Crippen molar-refractivity contribution in [2.45, 2.75) is 30.2 Å². The third-order valence-corrected chi connectivity index (χ3v) is 11.1. The molecule has 0 fully saturated rings. The fourth-order valence-corrected chi connectivity index (χ4v) is 7.90. The molecule has 4 heterocycles. The molecule has 0 saturated heterocycles. The quantitative estimate of drug-likeness (QED) is 0.104. The van der Waals surface area contributed by atoms with Crippen molar-refractivity contribution in [1.29, 1.82) is 0 Å². The molecular weight excluding hydrogens is 782 g/mol. The second-order valence-corrected chi connectivity index (χ2v) is 15.3. The normalized spacial score (nSPS) is 11.0. The number of nitrogens with zero attached hydrogens (tertiary/aromatic N) is 4. The molecule has 0 bridgehead atoms. The van der Waals surface area contributed by atoms with Gasteiger partial charge < -0.3 is 15.5 Å². The molecule has 4 aromatic heterocycles. The van der Waals surface area contributed by atoms with Gasteiger partial charge in [0.25, 0.3) is 20.0 Å². The molecule has 0 saturated carbocycles. The number of aliphatic carboxylic acids is 2. The van der Waals surface area contributed by atoms with Crippen LogP contribution in [-0.2, 0) is 36.2 Å². The number of hydrogen-bond donors (Lipinski definition) is 3. The number of pyridine rings is 2. The lowest BCUT2D eigenvalue weighted by Gasteiger charge is -2.12. The molecule has 0 spiro atoms. The molecule has 0 aliphatic carbocycles. The Kier molecular flexibility index (Phi) is 15.7. The Morgan fingerprint density at radius 2 is 1.14 bits per heavy atom. The number of hydrogen-bond acceptors (Lipinski definition) is 10. The van der Waals surface area contributed by atoms with Crippen LogP contribution in [0.25, 0.3) is 22.5 Å². The van der Waals surface area contributed by atoms with E-state index in [0.29, 0.717) is 41.9 Å². The summed E-state index contributed by atoms with van der Waals surface area (Å²) < 4.78 is 54.4. The molecule has 0 radical (unpaired) electrons. The standard InChI is InChI=1S/C18H19N3O2S.C17H14N2O3S.C4H4O4.ClH/c1-14-6-3-4-8-17(14)18-10-15(11-19-2)13-21(18)24(22,23)16-7-5-9-20-12-16;1-13-5-2-3-7-16(13)17-9-14(12-20)11-19(17)23(21,22)15-6-4-8-18-10-15;5-3(6)1-2-4(7)8;/h3-10,12-13,19H,11H2,1-2H3;2-12H,1H3;1-2H,(H,5,6)(H,7,8);1H/b;;2-1+;. The van der Waals surface area contributed by atoms with Crippen LogP contribution in [0.5, 0.6) is 0 Å². The van der Waals surface area contributed by atoms with E-state index in [1.54, 1.807) is 36.7 Å².